The van der Waals surface area contributed by atoms with Gasteiger partial charge in [0.25, 0.3) is 0 Å². The third-order valence-electron chi connectivity index (χ3n) is 4.22. The van der Waals surface area contributed by atoms with Gasteiger partial charge in [0.05, 0.1) is 21.7 Å². The van der Waals surface area contributed by atoms with Gasteiger partial charge in [-0.2, -0.15) is 0 Å². The number of benzene rings is 1. The van der Waals surface area contributed by atoms with E-state index in [4.69, 9.17) is 44.3 Å². The van der Waals surface area contributed by atoms with Crippen molar-refractivity contribution >= 4 is 46.7 Å². The van der Waals surface area contributed by atoms with Gasteiger partial charge in [0.2, 0.25) is 0 Å². The van der Waals surface area contributed by atoms with E-state index < -0.39 is 5.97 Å². The summed E-state index contributed by atoms with van der Waals surface area (Å²) in [6.07, 6.45) is 10.2. The Morgan fingerprint density at radius 2 is 1.32 bits per heavy atom. The molecule has 0 aromatic heterocycles. The molecule has 0 spiro atoms. The molecule has 0 N–H and O–H groups in total. The third-order valence-corrected chi connectivity index (χ3v) is 5.24. The third kappa shape index (κ3) is 11.1. The molecule has 0 amide bonds. The lowest BCUT2D eigenvalue weighted by Gasteiger charge is -2.08. The van der Waals surface area contributed by atoms with Gasteiger partial charge < -0.3 is 9.47 Å². The summed E-state index contributed by atoms with van der Waals surface area (Å²) in [7, 11) is 0. The molecule has 0 aliphatic rings. The Hall–Kier alpha value is -0.970. The van der Waals surface area contributed by atoms with E-state index in [9.17, 15) is 9.59 Å². The molecule has 1 aromatic carbocycles. The largest absolute Gasteiger partial charge is 0.466 e. The first-order valence-corrected chi connectivity index (χ1v) is 11.1. The summed E-state index contributed by atoms with van der Waals surface area (Å²) in [4.78, 5) is 23.6. The van der Waals surface area contributed by atoms with Gasteiger partial charge in [-0.1, -0.05) is 86.7 Å². The highest BCUT2D eigenvalue weighted by Crippen LogP contribution is 2.34. The minimum atomic E-state index is -0.490. The lowest BCUT2D eigenvalue weighted by Crippen LogP contribution is -2.11. The van der Waals surface area contributed by atoms with Crippen LogP contribution in [0, 0.1) is 0 Å². The van der Waals surface area contributed by atoms with Crippen LogP contribution in [0.4, 0.5) is 0 Å². The van der Waals surface area contributed by atoms with E-state index in [1.165, 1.54) is 50.7 Å². The maximum atomic E-state index is 11.9. The van der Waals surface area contributed by atoms with Gasteiger partial charge in [-0.05, 0) is 18.9 Å². The van der Waals surface area contributed by atoms with Crippen LogP contribution in [-0.2, 0) is 14.3 Å². The van der Waals surface area contributed by atoms with Crippen molar-refractivity contribution in [3.8, 4) is 5.75 Å². The van der Waals surface area contributed by atoms with Crippen LogP contribution in [0.1, 0.15) is 77.6 Å². The van der Waals surface area contributed by atoms with E-state index in [0.717, 1.165) is 12.8 Å². The van der Waals surface area contributed by atoms with Crippen molar-refractivity contribution in [1.29, 1.82) is 0 Å². The minimum Gasteiger partial charge on any atom is -0.466 e. The Morgan fingerprint density at radius 1 is 0.750 bits per heavy atom. The van der Waals surface area contributed by atoms with Gasteiger partial charge in [0, 0.05) is 18.9 Å². The van der Waals surface area contributed by atoms with Crippen LogP contribution >= 0.6 is 34.8 Å². The van der Waals surface area contributed by atoms with Crippen LogP contribution < -0.4 is 4.74 Å². The predicted molar refractivity (Wildman–Crippen MR) is 115 cm³/mol. The Kier molecular flexibility index (Phi) is 13.4. The number of unbranched alkanes of at least 4 members (excludes halogenated alkanes) is 7. The second-order valence-electron chi connectivity index (χ2n) is 6.72. The van der Waals surface area contributed by atoms with Crippen molar-refractivity contribution in [1.82, 2.24) is 0 Å². The SMILES string of the molecule is CCCCCCCCCCOC(=O)CCCC(=O)Oc1cc(Cl)c(Cl)cc1Cl. The second kappa shape index (κ2) is 14.9. The fraction of sp³-hybridized carbons (Fsp3) is 0.619. The maximum Gasteiger partial charge on any atom is 0.311 e. The number of hydrogen-bond donors (Lipinski definition) is 0. The van der Waals surface area contributed by atoms with Crippen molar-refractivity contribution in [2.75, 3.05) is 6.61 Å². The standard InChI is InChI=1S/C21H29Cl3O4/c1-2-3-4-5-6-7-8-9-13-27-20(25)11-10-12-21(26)28-19-15-17(23)16(22)14-18(19)24/h14-15H,2-13H2,1H3. The van der Waals surface area contributed by atoms with Crippen LogP contribution in [0.15, 0.2) is 12.1 Å². The lowest BCUT2D eigenvalue weighted by molar-refractivity contribution is -0.144. The molecule has 28 heavy (non-hydrogen) atoms. The zero-order valence-electron chi connectivity index (χ0n) is 16.4. The molecule has 158 valence electrons. The minimum absolute atomic E-state index is 0.0867. The first-order chi connectivity index (χ1) is 13.4. The molecule has 0 radical (unpaired) electrons. The van der Waals surface area contributed by atoms with E-state index in [0.29, 0.717) is 13.0 Å². The van der Waals surface area contributed by atoms with Crippen molar-refractivity contribution < 1.29 is 19.1 Å². The molecular weight excluding hydrogens is 423 g/mol. The second-order valence-corrected chi connectivity index (χ2v) is 7.94. The molecule has 0 atom stereocenters. The van der Waals surface area contributed by atoms with E-state index in [2.05, 4.69) is 6.92 Å². The smallest absolute Gasteiger partial charge is 0.311 e. The molecule has 0 aliphatic heterocycles. The molecule has 0 unspecified atom stereocenters. The molecule has 0 saturated carbocycles. The summed E-state index contributed by atoms with van der Waals surface area (Å²) in [6, 6.07) is 2.80. The lowest BCUT2D eigenvalue weighted by atomic mass is 10.1. The predicted octanol–water partition coefficient (Wildman–Crippen LogP) is 7.41. The number of hydrogen-bond acceptors (Lipinski definition) is 4. The van der Waals surface area contributed by atoms with Crippen LogP contribution in [0.5, 0.6) is 5.75 Å². The fourth-order valence-corrected chi connectivity index (χ4v) is 3.20. The zero-order chi connectivity index (χ0) is 20.8. The summed E-state index contributed by atoms with van der Waals surface area (Å²) >= 11 is 17.7. The molecule has 0 heterocycles. The average molecular weight is 452 g/mol. The van der Waals surface area contributed by atoms with Gasteiger partial charge in [0.1, 0.15) is 0 Å². The summed E-state index contributed by atoms with van der Waals surface area (Å²) < 4.78 is 10.3. The highest BCUT2D eigenvalue weighted by Gasteiger charge is 2.12. The monoisotopic (exact) mass is 450 g/mol. The molecule has 7 heteroatoms. The van der Waals surface area contributed by atoms with Gasteiger partial charge in [-0.15, -0.1) is 0 Å². The van der Waals surface area contributed by atoms with Gasteiger partial charge >= 0.3 is 11.9 Å². The van der Waals surface area contributed by atoms with Crippen molar-refractivity contribution in [3.05, 3.63) is 27.2 Å². The molecule has 0 bridgehead atoms. The van der Waals surface area contributed by atoms with Crippen molar-refractivity contribution in [3.63, 3.8) is 0 Å². The molecule has 4 nitrogen and oxygen atoms in total. The van der Waals surface area contributed by atoms with Crippen molar-refractivity contribution in [2.24, 2.45) is 0 Å². The van der Waals surface area contributed by atoms with Crippen LogP contribution in [0.3, 0.4) is 0 Å². The van der Waals surface area contributed by atoms with Crippen LogP contribution in [-0.4, -0.2) is 18.5 Å². The quantitative estimate of drug-likeness (QED) is 0.128. The first kappa shape index (κ1) is 25.1. The summed E-state index contributed by atoms with van der Waals surface area (Å²) in [5, 5.41) is 0.733. The summed E-state index contributed by atoms with van der Waals surface area (Å²) in [6.45, 7) is 2.65. The molecule has 0 aliphatic carbocycles. The van der Waals surface area contributed by atoms with Gasteiger partial charge in [0.15, 0.2) is 5.75 Å². The number of ether oxygens (including phenoxy) is 2. The van der Waals surface area contributed by atoms with Crippen LogP contribution in [0.2, 0.25) is 15.1 Å². The Balaban J connectivity index is 2.08. The Morgan fingerprint density at radius 3 is 2.00 bits per heavy atom. The van der Waals surface area contributed by atoms with E-state index >= 15 is 0 Å². The van der Waals surface area contributed by atoms with Gasteiger partial charge in [-0.25, -0.2) is 0 Å². The molecule has 0 fully saturated rings. The van der Waals surface area contributed by atoms with Crippen molar-refractivity contribution in [2.45, 2.75) is 77.6 Å². The first-order valence-electron chi connectivity index (χ1n) is 9.95. The number of halogens is 3. The molecule has 1 aromatic rings. The number of esters is 2. The zero-order valence-corrected chi connectivity index (χ0v) is 18.7. The van der Waals surface area contributed by atoms with E-state index in [-0.39, 0.29) is 39.6 Å². The molecule has 0 saturated heterocycles. The highest BCUT2D eigenvalue weighted by atomic mass is 35.5. The number of carbonyl (C=O) groups excluding carboxylic acids is 2. The van der Waals surface area contributed by atoms with E-state index in [1.54, 1.807) is 0 Å². The topological polar surface area (TPSA) is 52.6 Å². The number of rotatable bonds is 14. The summed E-state index contributed by atoms with van der Waals surface area (Å²) in [5.41, 5.74) is 0. The fourth-order valence-electron chi connectivity index (χ4n) is 2.63. The number of carbonyl (C=O) groups is 2. The average Bonchev–Trinajstić information content (AvgIpc) is 2.64. The molecular formula is C21H29Cl3O4. The summed E-state index contributed by atoms with van der Waals surface area (Å²) in [5.74, 6) is -0.627. The Labute approximate surface area is 182 Å². The molecule has 1 rings (SSSR count). The Bertz CT molecular complexity index is 620. The van der Waals surface area contributed by atoms with Crippen LogP contribution in [0.25, 0.3) is 0 Å². The highest BCUT2D eigenvalue weighted by molar-refractivity contribution is 6.43. The van der Waals surface area contributed by atoms with Gasteiger partial charge in [-0.3, -0.25) is 9.59 Å². The van der Waals surface area contributed by atoms with E-state index in [1.807, 2.05) is 0 Å². The maximum absolute atomic E-state index is 11.9. The normalized spacial score (nSPS) is 10.7.